The summed E-state index contributed by atoms with van der Waals surface area (Å²) < 4.78 is 61.8. The van der Waals surface area contributed by atoms with Gasteiger partial charge in [0.2, 0.25) is 0 Å². The third-order valence-electron chi connectivity index (χ3n) is 5.05. The Bertz CT molecular complexity index is 924. The summed E-state index contributed by atoms with van der Waals surface area (Å²) in [6.07, 6.45) is -7.59. The van der Waals surface area contributed by atoms with Crippen LogP contribution in [0, 0.1) is 0 Å². The molecule has 2 aromatic carbocycles. The molecule has 0 aromatic heterocycles. The maximum Gasteiger partial charge on any atom is 0.411 e. The first-order valence-electron chi connectivity index (χ1n) is 9.74. The maximum absolute atomic E-state index is 12.9. The summed E-state index contributed by atoms with van der Waals surface area (Å²) in [7, 11) is 0. The third kappa shape index (κ3) is 5.71. The number of hydrogen-bond donors (Lipinski definition) is 1. The Hall–Kier alpha value is -1.04. The third-order valence-corrected chi connectivity index (χ3v) is 6.93. The molecule has 2 aromatic rings. The second kappa shape index (κ2) is 10.1. The van der Waals surface area contributed by atoms with Crippen molar-refractivity contribution in [2.75, 3.05) is 13.2 Å². The van der Waals surface area contributed by atoms with Crippen molar-refractivity contribution in [1.82, 2.24) is 0 Å². The minimum absolute atomic E-state index is 0.169. The summed E-state index contributed by atoms with van der Waals surface area (Å²) in [5, 5.41) is 0.681. The van der Waals surface area contributed by atoms with Gasteiger partial charge in [0.1, 0.15) is 30.4 Å². The summed E-state index contributed by atoms with van der Waals surface area (Å²) in [6.45, 7) is -1.29. The van der Waals surface area contributed by atoms with E-state index in [0.29, 0.717) is 14.9 Å². The minimum Gasteiger partial charge on any atom is -0.363 e. The molecule has 174 valence electrons. The standard InChI is InChI=1S/C21H20Cl2F3NO4S/c22-13-7-6-12(8-14(13)23)32-20-18(29-10-21(24,25)26)16(27)17-15(30-20)9-28-19(31-17)11-4-2-1-3-5-11/h1-8,15-20H,9-10,27H2. The van der Waals surface area contributed by atoms with E-state index < -0.39 is 48.9 Å². The van der Waals surface area contributed by atoms with Crippen LogP contribution in [0.5, 0.6) is 0 Å². The number of benzene rings is 2. The number of halogens is 5. The molecule has 2 fully saturated rings. The van der Waals surface area contributed by atoms with Gasteiger partial charge in [-0.2, -0.15) is 13.2 Å². The molecule has 32 heavy (non-hydrogen) atoms. The van der Waals surface area contributed by atoms with Crippen LogP contribution in [0.3, 0.4) is 0 Å². The molecule has 6 unspecified atom stereocenters. The number of ether oxygens (including phenoxy) is 4. The van der Waals surface area contributed by atoms with Gasteiger partial charge in [0.15, 0.2) is 6.29 Å². The SMILES string of the molecule is NC1C2OC(c3ccccc3)OCC2OC(Sc2ccc(Cl)c(Cl)c2)C1OCC(F)(F)F. The second-order valence-electron chi connectivity index (χ2n) is 7.38. The molecule has 0 radical (unpaired) electrons. The highest BCUT2D eigenvalue weighted by molar-refractivity contribution is 7.99. The molecule has 0 spiro atoms. The van der Waals surface area contributed by atoms with Gasteiger partial charge in [0.05, 0.1) is 22.7 Å². The first-order chi connectivity index (χ1) is 15.2. The van der Waals surface area contributed by atoms with Crippen LogP contribution in [0.15, 0.2) is 53.4 Å². The molecule has 5 nitrogen and oxygen atoms in total. The van der Waals surface area contributed by atoms with Gasteiger partial charge in [-0.1, -0.05) is 65.3 Å². The predicted molar refractivity (Wildman–Crippen MR) is 115 cm³/mol. The fraction of sp³-hybridized carbons (Fsp3) is 0.429. The maximum atomic E-state index is 12.9. The molecule has 0 amide bonds. The van der Waals surface area contributed by atoms with Crippen molar-refractivity contribution in [2.45, 2.75) is 47.2 Å². The second-order valence-corrected chi connectivity index (χ2v) is 9.37. The van der Waals surface area contributed by atoms with E-state index in [4.69, 9.17) is 47.9 Å². The minimum atomic E-state index is -4.52. The summed E-state index contributed by atoms with van der Waals surface area (Å²) in [6, 6.07) is 13.2. The quantitative estimate of drug-likeness (QED) is 0.597. The van der Waals surface area contributed by atoms with Crippen molar-refractivity contribution in [1.29, 1.82) is 0 Å². The summed E-state index contributed by atoms with van der Waals surface area (Å²) in [5.74, 6) is 0. The Morgan fingerprint density at radius 1 is 1.06 bits per heavy atom. The molecular weight excluding hydrogens is 490 g/mol. The number of thioether (sulfide) groups is 1. The number of fused-ring (bicyclic) bond motifs is 1. The lowest BCUT2D eigenvalue weighted by atomic mass is 9.96. The molecule has 2 aliphatic rings. The van der Waals surface area contributed by atoms with Gasteiger partial charge < -0.3 is 24.7 Å². The van der Waals surface area contributed by atoms with Gasteiger partial charge in [-0.05, 0) is 18.2 Å². The van der Waals surface area contributed by atoms with E-state index in [9.17, 15) is 13.2 Å². The molecule has 6 atom stereocenters. The summed E-state index contributed by atoms with van der Waals surface area (Å²) >= 11 is 13.2. The van der Waals surface area contributed by atoms with Crippen LogP contribution in [-0.4, -0.2) is 49.2 Å². The van der Waals surface area contributed by atoms with E-state index in [1.165, 1.54) is 0 Å². The van der Waals surface area contributed by atoms with Crippen molar-refractivity contribution < 1.29 is 32.1 Å². The van der Waals surface area contributed by atoms with E-state index in [2.05, 4.69) is 0 Å². The molecular formula is C21H20Cl2F3NO4S. The zero-order chi connectivity index (χ0) is 22.9. The number of nitrogens with two attached hydrogens (primary N) is 1. The Morgan fingerprint density at radius 2 is 1.81 bits per heavy atom. The first kappa shape index (κ1) is 24.1. The van der Waals surface area contributed by atoms with Gasteiger partial charge in [-0.25, -0.2) is 0 Å². The fourth-order valence-electron chi connectivity index (χ4n) is 3.56. The number of hydrogen-bond acceptors (Lipinski definition) is 6. The van der Waals surface area contributed by atoms with E-state index in [0.717, 1.165) is 17.3 Å². The zero-order valence-electron chi connectivity index (χ0n) is 16.5. The Balaban J connectivity index is 1.54. The molecule has 4 rings (SSSR count). The summed E-state index contributed by atoms with van der Waals surface area (Å²) in [5.41, 5.74) is 6.32. The van der Waals surface area contributed by atoms with Crippen molar-refractivity contribution in [3.8, 4) is 0 Å². The largest absolute Gasteiger partial charge is 0.411 e. The normalized spacial score (nSPS) is 30.7. The monoisotopic (exact) mass is 509 g/mol. The topological polar surface area (TPSA) is 62.9 Å². The highest BCUT2D eigenvalue weighted by Gasteiger charge is 2.50. The van der Waals surface area contributed by atoms with Crippen molar-refractivity contribution >= 4 is 35.0 Å². The number of rotatable bonds is 5. The summed E-state index contributed by atoms with van der Waals surface area (Å²) in [4.78, 5) is 0.649. The van der Waals surface area contributed by atoms with Gasteiger partial charge >= 0.3 is 6.18 Å². The van der Waals surface area contributed by atoms with Crippen LogP contribution >= 0.6 is 35.0 Å². The van der Waals surface area contributed by atoms with E-state index in [-0.39, 0.29) is 6.61 Å². The van der Waals surface area contributed by atoms with Crippen molar-refractivity contribution in [3.63, 3.8) is 0 Å². The highest BCUT2D eigenvalue weighted by atomic mass is 35.5. The smallest absolute Gasteiger partial charge is 0.363 e. The van der Waals surface area contributed by atoms with E-state index >= 15 is 0 Å². The zero-order valence-corrected chi connectivity index (χ0v) is 18.8. The molecule has 0 saturated carbocycles. The highest BCUT2D eigenvalue weighted by Crippen LogP contribution is 2.40. The van der Waals surface area contributed by atoms with Gasteiger partial charge in [-0.15, -0.1) is 0 Å². The lowest BCUT2D eigenvalue weighted by Crippen LogP contribution is -2.65. The molecule has 2 aliphatic heterocycles. The Labute approximate surface area is 197 Å². The van der Waals surface area contributed by atoms with Crippen LogP contribution < -0.4 is 5.73 Å². The van der Waals surface area contributed by atoms with Gasteiger partial charge in [0.25, 0.3) is 0 Å². The van der Waals surface area contributed by atoms with Crippen LogP contribution in [0.4, 0.5) is 13.2 Å². The number of alkyl halides is 3. The molecule has 2 N–H and O–H groups in total. The van der Waals surface area contributed by atoms with Crippen LogP contribution in [0.25, 0.3) is 0 Å². The van der Waals surface area contributed by atoms with Crippen LogP contribution in [-0.2, 0) is 18.9 Å². The molecule has 2 saturated heterocycles. The van der Waals surface area contributed by atoms with Gasteiger partial charge in [0, 0.05) is 10.5 Å². The molecule has 2 heterocycles. The van der Waals surface area contributed by atoms with Crippen LogP contribution in [0.2, 0.25) is 10.0 Å². The van der Waals surface area contributed by atoms with E-state index in [1.807, 2.05) is 30.3 Å². The van der Waals surface area contributed by atoms with Crippen molar-refractivity contribution in [2.24, 2.45) is 5.73 Å². The average molecular weight is 510 g/mol. The fourth-order valence-corrected chi connectivity index (χ4v) is 5.12. The average Bonchev–Trinajstić information content (AvgIpc) is 2.76. The Morgan fingerprint density at radius 3 is 2.50 bits per heavy atom. The molecule has 0 bridgehead atoms. The molecule has 11 heteroatoms. The first-order valence-corrected chi connectivity index (χ1v) is 11.4. The lowest BCUT2D eigenvalue weighted by Gasteiger charge is -2.48. The van der Waals surface area contributed by atoms with Crippen LogP contribution in [0.1, 0.15) is 11.9 Å². The molecule has 0 aliphatic carbocycles. The van der Waals surface area contributed by atoms with Crippen molar-refractivity contribution in [3.05, 3.63) is 64.1 Å². The van der Waals surface area contributed by atoms with Gasteiger partial charge in [-0.3, -0.25) is 0 Å². The predicted octanol–water partition coefficient (Wildman–Crippen LogP) is 5.20. The Kier molecular flexibility index (Phi) is 7.58. The van der Waals surface area contributed by atoms with E-state index in [1.54, 1.807) is 18.2 Å². The lowest BCUT2D eigenvalue weighted by molar-refractivity contribution is -0.305.